The number of nitrogens with two attached hydrogens (primary N) is 1. The zero-order valence-electron chi connectivity index (χ0n) is 10.6. The Morgan fingerprint density at radius 1 is 1.53 bits per heavy atom. The third-order valence-electron chi connectivity index (χ3n) is 2.96. The second kappa shape index (κ2) is 5.83. The first kappa shape index (κ1) is 12.8. The Morgan fingerprint density at radius 3 is 3.12 bits per heavy atom. The highest BCUT2D eigenvalue weighted by molar-refractivity contribution is 7.98. The molecule has 1 atom stereocenters. The maximum atomic E-state index is 6.05. The number of rotatable bonds is 4. The largest absolute Gasteiger partial charge is 0.324 e. The number of thioether (sulfide) groups is 1. The number of hydrogen-bond donors (Lipinski definition) is 1. The van der Waals surface area contributed by atoms with E-state index in [9.17, 15) is 0 Å². The molecule has 0 aliphatic heterocycles. The Labute approximate surface area is 108 Å². The zero-order valence-corrected chi connectivity index (χ0v) is 11.5. The van der Waals surface area contributed by atoms with Gasteiger partial charge in [-0.15, -0.1) is 0 Å². The molecule has 2 rings (SSSR count). The van der Waals surface area contributed by atoms with Gasteiger partial charge in [0, 0.05) is 23.5 Å². The molecule has 17 heavy (non-hydrogen) atoms. The van der Waals surface area contributed by atoms with Gasteiger partial charge in [0.2, 0.25) is 0 Å². The highest BCUT2D eigenvalue weighted by Crippen LogP contribution is 2.26. The van der Waals surface area contributed by atoms with Crippen molar-refractivity contribution in [2.45, 2.75) is 44.9 Å². The lowest BCUT2D eigenvalue weighted by Crippen LogP contribution is -2.19. The smallest absolute Gasteiger partial charge is 0.138 e. The molecule has 0 saturated carbocycles. The molecule has 2 N–H and O–H groups in total. The van der Waals surface area contributed by atoms with E-state index in [4.69, 9.17) is 5.73 Å². The van der Waals surface area contributed by atoms with Gasteiger partial charge in [0.15, 0.2) is 0 Å². The number of aryl methyl sites for hydroxylation is 1. The Bertz CT molecular complexity index is 379. The lowest BCUT2D eigenvalue weighted by Gasteiger charge is -2.21. The fourth-order valence-electron chi connectivity index (χ4n) is 2.08. The summed E-state index contributed by atoms with van der Waals surface area (Å²) in [6.07, 6.45) is 5.23. The van der Waals surface area contributed by atoms with Crippen molar-refractivity contribution in [3.8, 4) is 0 Å². The van der Waals surface area contributed by atoms with Crippen LogP contribution in [0.5, 0.6) is 0 Å². The number of fused-ring (bicyclic) bond motifs is 1. The highest BCUT2D eigenvalue weighted by atomic mass is 32.2. The van der Waals surface area contributed by atoms with Crippen molar-refractivity contribution >= 4 is 11.8 Å². The Balaban J connectivity index is 2.01. The van der Waals surface area contributed by atoms with E-state index in [0.29, 0.717) is 0 Å². The summed E-state index contributed by atoms with van der Waals surface area (Å²) in [4.78, 5) is 9.08. The van der Waals surface area contributed by atoms with Gasteiger partial charge in [0.05, 0.1) is 5.75 Å². The van der Waals surface area contributed by atoms with E-state index in [-0.39, 0.29) is 6.04 Å². The van der Waals surface area contributed by atoms with Gasteiger partial charge in [-0.2, -0.15) is 11.8 Å². The van der Waals surface area contributed by atoms with Crippen molar-refractivity contribution in [3.05, 3.63) is 23.3 Å². The van der Waals surface area contributed by atoms with E-state index in [1.807, 2.05) is 18.0 Å². The summed E-state index contributed by atoms with van der Waals surface area (Å²) in [6, 6.07) is 0.149. The fraction of sp³-hybridized carbons (Fsp3) is 0.692. The Morgan fingerprint density at radius 2 is 2.35 bits per heavy atom. The van der Waals surface area contributed by atoms with Gasteiger partial charge >= 0.3 is 0 Å². The molecule has 1 aromatic heterocycles. The SMILES string of the molecule is CC(C)CSCc1ncc2c(n1)CCCC2N. The van der Waals surface area contributed by atoms with Crippen molar-refractivity contribution in [2.24, 2.45) is 11.7 Å². The molecule has 0 radical (unpaired) electrons. The summed E-state index contributed by atoms with van der Waals surface area (Å²) in [7, 11) is 0. The van der Waals surface area contributed by atoms with Crippen LogP contribution in [0.4, 0.5) is 0 Å². The second-order valence-electron chi connectivity index (χ2n) is 5.10. The molecule has 0 spiro atoms. The highest BCUT2D eigenvalue weighted by Gasteiger charge is 2.18. The summed E-state index contributed by atoms with van der Waals surface area (Å²) in [6.45, 7) is 4.47. The molecular weight excluding hydrogens is 230 g/mol. The summed E-state index contributed by atoms with van der Waals surface area (Å²) in [5.41, 5.74) is 8.39. The minimum atomic E-state index is 0.149. The summed E-state index contributed by atoms with van der Waals surface area (Å²) >= 11 is 1.91. The standard InChI is InChI=1S/C13H21N3S/c1-9(2)7-17-8-13-15-6-10-11(14)4-3-5-12(10)16-13/h6,9,11H,3-5,7-8,14H2,1-2H3. The lowest BCUT2D eigenvalue weighted by atomic mass is 9.93. The molecule has 1 aliphatic rings. The van der Waals surface area contributed by atoms with Gasteiger partial charge in [-0.05, 0) is 30.9 Å². The topological polar surface area (TPSA) is 51.8 Å². The van der Waals surface area contributed by atoms with Gasteiger partial charge in [-0.1, -0.05) is 13.8 Å². The molecule has 0 aromatic carbocycles. The first-order chi connectivity index (χ1) is 8.16. The van der Waals surface area contributed by atoms with Crippen LogP contribution in [0.3, 0.4) is 0 Å². The van der Waals surface area contributed by atoms with E-state index in [0.717, 1.165) is 42.3 Å². The Hall–Kier alpha value is -0.610. The molecule has 3 nitrogen and oxygen atoms in total. The number of nitrogens with zero attached hydrogens (tertiary/aromatic N) is 2. The normalized spacial score (nSPS) is 19.4. The van der Waals surface area contributed by atoms with Crippen LogP contribution in [0.2, 0.25) is 0 Å². The average molecular weight is 251 g/mol. The number of aromatic nitrogens is 2. The lowest BCUT2D eigenvalue weighted by molar-refractivity contribution is 0.554. The molecule has 0 fully saturated rings. The summed E-state index contributed by atoms with van der Waals surface area (Å²) < 4.78 is 0. The molecule has 1 heterocycles. The maximum absolute atomic E-state index is 6.05. The zero-order chi connectivity index (χ0) is 12.3. The van der Waals surface area contributed by atoms with E-state index < -0.39 is 0 Å². The predicted molar refractivity (Wildman–Crippen MR) is 72.9 cm³/mol. The molecule has 0 saturated heterocycles. The third kappa shape index (κ3) is 3.42. The van der Waals surface area contributed by atoms with Crippen LogP contribution >= 0.6 is 11.8 Å². The van der Waals surface area contributed by atoms with Crippen LogP contribution in [-0.2, 0) is 12.2 Å². The molecule has 1 aromatic rings. The van der Waals surface area contributed by atoms with Crippen LogP contribution in [0.15, 0.2) is 6.20 Å². The third-order valence-corrected chi connectivity index (χ3v) is 4.33. The quantitative estimate of drug-likeness (QED) is 0.894. The maximum Gasteiger partial charge on any atom is 0.138 e. The van der Waals surface area contributed by atoms with Gasteiger partial charge in [-0.25, -0.2) is 9.97 Å². The van der Waals surface area contributed by atoms with Crippen molar-refractivity contribution < 1.29 is 0 Å². The number of hydrogen-bond acceptors (Lipinski definition) is 4. The van der Waals surface area contributed by atoms with E-state index in [2.05, 4.69) is 23.8 Å². The average Bonchev–Trinajstić information content (AvgIpc) is 2.29. The van der Waals surface area contributed by atoms with Gasteiger partial charge in [0.25, 0.3) is 0 Å². The van der Waals surface area contributed by atoms with Crippen molar-refractivity contribution in [1.29, 1.82) is 0 Å². The molecule has 1 unspecified atom stereocenters. The van der Waals surface area contributed by atoms with E-state index in [1.165, 1.54) is 11.4 Å². The van der Waals surface area contributed by atoms with Gasteiger partial charge in [0.1, 0.15) is 5.82 Å². The fourth-order valence-corrected chi connectivity index (χ4v) is 2.99. The predicted octanol–water partition coefficient (Wildman–Crippen LogP) is 2.70. The van der Waals surface area contributed by atoms with Crippen LogP contribution < -0.4 is 5.73 Å². The summed E-state index contributed by atoms with van der Waals surface area (Å²) in [5, 5.41) is 0. The van der Waals surface area contributed by atoms with Crippen molar-refractivity contribution in [3.63, 3.8) is 0 Å². The molecule has 4 heteroatoms. The van der Waals surface area contributed by atoms with Crippen LogP contribution in [-0.4, -0.2) is 15.7 Å². The minimum Gasteiger partial charge on any atom is -0.324 e. The monoisotopic (exact) mass is 251 g/mol. The van der Waals surface area contributed by atoms with Crippen LogP contribution in [0.25, 0.3) is 0 Å². The molecular formula is C13H21N3S. The summed E-state index contributed by atoms with van der Waals surface area (Å²) in [5.74, 6) is 3.77. The van der Waals surface area contributed by atoms with E-state index >= 15 is 0 Å². The minimum absolute atomic E-state index is 0.149. The Kier molecular flexibility index (Phi) is 4.40. The first-order valence-electron chi connectivity index (χ1n) is 6.35. The molecule has 1 aliphatic carbocycles. The van der Waals surface area contributed by atoms with Crippen LogP contribution in [0.1, 0.15) is 49.8 Å². The van der Waals surface area contributed by atoms with Gasteiger partial charge < -0.3 is 5.73 Å². The van der Waals surface area contributed by atoms with E-state index in [1.54, 1.807) is 0 Å². The van der Waals surface area contributed by atoms with Crippen LogP contribution in [0, 0.1) is 5.92 Å². The molecule has 0 amide bonds. The van der Waals surface area contributed by atoms with Crippen molar-refractivity contribution in [2.75, 3.05) is 5.75 Å². The van der Waals surface area contributed by atoms with Gasteiger partial charge in [-0.3, -0.25) is 0 Å². The molecule has 94 valence electrons. The second-order valence-corrected chi connectivity index (χ2v) is 6.13. The van der Waals surface area contributed by atoms with Crippen molar-refractivity contribution in [1.82, 2.24) is 9.97 Å². The first-order valence-corrected chi connectivity index (χ1v) is 7.50. The molecule has 0 bridgehead atoms.